The zero-order valence-electron chi connectivity index (χ0n) is 14.6. The molecule has 0 aliphatic carbocycles. The first-order valence-corrected chi connectivity index (χ1v) is 8.81. The summed E-state index contributed by atoms with van der Waals surface area (Å²) in [5.41, 5.74) is 7.36. The van der Waals surface area contributed by atoms with Crippen molar-refractivity contribution in [3.05, 3.63) is 42.1 Å². The molecule has 0 radical (unpaired) electrons. The van der Waals surface area contributed by atoms with Crippen molar-refractivity contribution in [2.24, 2.45) is 11.7 Å². The Morgan fingerprint density at radius 2 is 2.15 bits per heavy atom. The molecule has 2 N–H and O–H groups in total. The molecule has 1 atom stereocenters. The van der Waals surface area contributed by atoms with Crippen molar-refractivity contribution in [2.75, 3.05) is 13.1 Å². The number of nitrogens with two attached hydrogens (primary N) is 1. The summed E-state index contributed by atoms with van der Waals surface area (Å²) < 4.78 is 2.03. The smallest absolute Gasteiger partial charge is 0.246 e. The summed E-state index contributed by atoms with van der Waals surface area (Å²) in [6.07, 6.45) is 7.30. The lowest BCUT2D eigenvalue weighted by atomic mass is 9.97. The zero-order valence-corrected chi connectivity index (χ0v) is 14.6. The Morgan fingerprint density at radius 3 is 2.92 bits per heavy atom. The van der Waals surface area contributed by atoms with Gasteiger partial charge in [-0.2, -0.15) is 5.26 Å². The van der Waals surface area contributed by atoms with Gasteiger partial charge >= 0.3 is 0 Å². The van der Waals surface area contributed by atoms with Gasteiger partial charge in [0.1, 0.15) is 0 Å². The van der Waals surface area contributed by atoms with Crippen LogP contribution in [-0.2, 0) is 16.1 Å². The highest BCUT2D eigenvalue weighted by molar-refractivity contribution is 5.96. The summed E-state index contributed by atoms with van der Waals surface area (Å²) >= 11 is 0. The molecule has 0 bridgehead atoms. The van der Waals surface area contributed by atoms with Gasteiger partial charge in [-0.3, -0.25) is 9.59 Å². The van der Waals surface area contributed by atoms with Crippen LogP contribution in [0.4, 0.5) is 0 Å². The fourth-order valence-corrected chi connectivity index (χ4v) is 3.44. The number of hydrogen-bond acceptors (Lipinski definition) is 3. The maximum absolute atomic E-state index is 12.5. The molecule has 1 aromatic carbocycles. The molecule has 6 heteroatoms. The second-order valence-corrected chi connectivity index (χ2v) is 6.56. The Balaban J connectivity index is 1.79. The molecule has 2 amide bonds. The Morgan fingerprint density at radius 1 is 1.35 bits per heavy atom. The summed E-state index contributed by atoms with van der Waals surface area (Å²) in [4.78, 5) is 25.6. The molecule has 6 nitrogen and oxygen atoms in total. The Hall–Kier alpha value is -3.07. The number of carbonyl (C=O) groups excluding carboxylic acids is 2. The highest BCUT2D eigenvalue weighted by Crippen LogP contribution is 2.23. The molecule has 1 fully saturated rings. The molecular weight excluding hydrogens is 328 g/mol. The summed E-state index contributed by atoms with van der Waals surface area (Å²) in [6.45, 7) is 1.66. The number of nitriles is 1. The van der Waals surface area contributed by atoms with Crippen LogP contribution in [-0.4, -0.2) is 34.4 Å². The van der Waals surface area contributed by atoms with Crippen molar-refractivity contribution in [1.82, 2.24) is 9.47 Å². The molecule has 1 aliphatic heterocycles. The number of likely N-dealkylation sites (tertiary alicyclic amines) is 1. The van der Waals surface area contributed by atoms with Gasteiger partial charge in [-0.1, -0.05) is 18.2 Å². The lowest BCUT2D eigenvalue weighted by Crippen LogP contribution is -2.43. The van der Waals surface area contributed by atoms with Crippen LogP contribution in [0.1, 0.15) is 24.8 Å². The number of benzene rings is 1. The van der Waals surface area contributed by atoms with Gasteiger partial charge in [0.25, 0.3) is 0 Å². The number of hydrogen-bond donors (Lipinski definition) is 1. The summed E-state index contributed by atoms with van der Waals surface area (Å²) in [6, 6.07) is 10.1. The van der Waals surface area contributed by atoms with E-state index in [0.29, 0.717) is 26.1 Å². The third-order valence-electron chi connectivity index (χ3n) is 4.82. The van der Waals surface area contributed by atoms with Gasteiger partial charge in [0, 0.05) is 48.4 Å². The Bertz CT molecular complexity index is 891. The van der Waals surface area contributed by atoms with Crippen LogP contribution in [0.2, 0.25) is 0 Å². The lowest BCUT2D eigenvalue weighted by molar-refractivity contribution is -0.130. The van der Waals surface area contributed by atoms with E-state index in [-0.39, 0.29) is 17.7 Å². The van der Waals surface area contributed by atoms with Crippen LogP contribution in [0.15, 0.2) is 36.5 Å². The molecular formula is C20H22N4O2. The number of para-hydroxylation sites is 1. The van der Waals surface area contributed by atoms with Crippen LogP contribution in [0.5, 0.6) is 0 Å². The van der Waals surface area contributed by atoms with E-state index in [1.165, 1.54) is 0 Å². The van der Waals surface area contributed by atoms with Crippen molar-refractivity contribution in [3.8, 4) is 6.07 Å². The van der Waals surface area contributed by atoms with Gasteiger partial charge < -0.3 is 15.2 Å². The van der Waals surface area contributed by atoms with Gasteiger partial charge in [0.05, 0.1) is 18.4 Å². The molecule has 0 spiro atoms. The van der Waals surface area contributed by atoms with E-state index in [0.717, 1.165) is 29.3 Å². The second-order valence-electron chi connectivity index (χ2n) is 6.56. The quantitative estimate of drug-likeness (QED) is 0.839. The predicted octanol–water partition coefficient (Wildman–Crippen LogP) is 2.29. The second kappa shape index (κ2) is 7.87. The van der Waals surface area contributed by atoms with Gasteiger partial charge in [-0.05, 0) is 25.0 Å². The number of carbonyl (C=O) groups is 2. The van der Waals surface area contributed by atoms with Crippen molar-refractivity contribution in [1.29, 1.82) is 5.26 Å². The van der Waals surface area contributed by atoms with Crippen LogP contribution in [0.3, 0.4) is 0 Å². The topological polar surface area (TPSA) is 92.1 Å². The van der Waals surface area contributed by atoms with Gasteiger partial charge in [-0.25, -0.2) is 0 Å². The fraction of sp³-hybridized carbons (Fsp3) is 0.350. The molecule has 134 valence electrons. The number of amides is 2. The number of fused-ring (bicyclic) bond motifs is 1. The molecule has 1 aromatic heterocycles. The molecule has 1 saturated heterocycles. The standard InChI is InChI=1S/C20H22N4O2/c21-10-4-12-23-13-15(17-6-1-2-7-18(17)23)8-9-19(25)24-11-3-5-16(14-24)20(22)26/h1-2,6-9,13,16H,3-5,11-12,14H2,(H2,22,26). The normalized spacial score (nSPS) is 17.5. The number of primary amides is 1. The van der Waals surface area contributed by atoms with E-state index in [1.807, 2.05) is 35.0 Å². The molecule has 1 unspecified atom stereocenters. The van der Waals surface area contributed by atoms with Crippen molar-refractivity contribution in [2.45, 2.75) is 25.8 Å². The SMILES string of the molecule is N#CCCn1cc(C=CC(=O)N2CCCC(C(N)=O)C2)c2ccccc21. The first-order valence-electron chi connectivity index (χ1n) is 8.81. The molecule has 3 rings (SSSR count). The minimum Gasteiger partial charge on any atom is -0.369 e. The maximum atomic E-state index is 12.5. The third kappa shape index (κ3) is 3.77. The highest BCUT2D eigenvalue weighted by atomic mass is 16.2. The molecule has 0 saturated carbocycles. The van der Waals surface area contributed by atoms with E-state index in [9.17, 15) is 9.59 Å². The van der Waals surface area contributed by atoms with Crippen molar-refractivity contribution in [3.63, 3.8) is 0 Å². The molecule has 2 heterocycles. The third-order valence-corrected chi connectivity index (χ3v) is 4.82. The minimum atomic E-state index is -0.341. The van der Waals surface area contributed by atoms with E-state index in [1.54, 1.807) is 17.1 Å². The van der Waals surface area contributed by atoms with E-state index < -0.39 is 0 Å². The maximum Gasteiger partial charge on any atom is 0.246 e. The Kier molecular flexibility index (Phi) is 5.37. The summed E-state index contributed by atoms with van der Waals surface area (Å²) in [7, 11) is 0. The van der Waals surface area contributed by atoms with Crippen LogP contribution in [0, 0.1) is 17.2 Å². The van der Waals surface area contributed by atoms with Crippen molar-refractivity contribution < 1.29 is 9.59 Å². The summed E-state index contributed by atoms with van der Waals surface area (Å²) in [5.74, 6) is -0.703. The lowest BCUT2D eigenvalue weighted by Gasteiger charge is -2.30. The Labute approximate surface area is 152 Å². The monoisotopic (exact) mass is 350 g/mol. The zero-order chi connectivity index (χ0) is 18.5. The van der Waals surface area contributed by atoms with E-state index in [4.69, 9.17) is 11.0 Å². The van der Waals surface area contributed by atoms with Crippen LogP contribution in [0.25, 0.3) is 17.0 Å². The number of nitrogens with zero attached hydrogens (tertiary/aromatic N) is 3. The highest BCUT2D eigenvalue weighted by Gasteiger charge is 2.25. The first-order chi connectivity index (χ1) is 12.6. The first kappa shape index (κ1) is 17.7. The van der Waals surface area contributed by atoms with Crippen molar-refractivity contribution >= 4 is 28.8 Å². The summed E-state index contributed by atoms with van der Waals surface area (Å²) in [5, 5.41) is 9.87. The number of rotatable bonds is 5. The predicted molar refractivity (Wildman–Crippen MR) is 99.7 cm³/mol. The van der Waals surface area contributed by atoms with Crippen LogP contribution >= 0.6 is 0 Å². The van der Waals surface area contributed by atoms with Gasteiger partial charge in [-0.15, -0.1) is 0 Å². The van der Waals surface area contributed by atoms with Gasteiger partial charge in [0.2, 0.25) is 11.8 Å². The average Bonchev–Trinajstić information content (AvgIpc) is 3.02. The fourth-order valence-electron chi connectivity index (χ4n) is 3.44. The molecule has 2 aromatic rings. The largest absolute Gasteiger partial charge is 0.369 e. The molecule has 26 heavy (non-hydrogen) atoms. The van der Waals surface area contributed by atoms with E-state index in [2.05, 4.69) is 6.07 Å². The minimum absolute atomic E-state index is 0.107. The van der Waals surface area contributed by atoms with E-state index >= 15 is 0 Å². The van der Waals surface area contributed by atoms with Crippen LogP contribution < -0.4 is 5.73 Å². The average molecular weight is 350 g/mol. The number of aromatic nitrogens is 1. The number of aryl methyl sites for hydroxylation is 1. The molecule has 1 aliphatic rings. The number of piperidine rings is 1. The van der Waals surface area contributed by atoms with Gasteiger partial charge in [0.15, 0.2) is 0 Å².